The van der Waals surface area contributed by atoms with Gasteiger partial charge in [0.2, 0.25) is 0 Å². The summed E-state index contributed by atoms with van der Waals surface area (Å²) in [5.41, 5.74) is 0. The van der Waals surface area contributed by atoms with Gasteiger partial charge >= 0.3 is 12.1 Å². The van der Waals surface area contributed by atoms with E-state index in [-0.39, 0.29) is 0 Å². The second-order valence-electron chi connectivity index (χ2n) is 3.76. The molecule has 1 aliphatic carbocycles. The van der Waals surface area contributed by atoms with Crippen LogP contribution in [0.5, 0.6) is 0 Å². The van der Waals surface area contributed by atoms with Crippen molar-refractivity contribution < 1.29 is 27.8 Å². The highest BCUT2D eigenvalue weighted by Gasteiger charge is 2.38. The lowest BCUT2D eigenvalue weighted by Gasteiger charge is -2.29. The van der Waals surface area contributed by atoms with Crippen molar-refractivity contribution in [2.24, 2.45) is 0 Å². The van der Waals surface area contributed by atoms with Crippen LogP contribution in [0, 0.1) is 0 Å². The molecule has 0 spiro atoms. The molecule has 2 N–H and O–H groups in total. The summed E-state index contributed by atoms with van der Waals surface area (Å²) in [5.74, 6) is -2.76. The highest BCUT2D eigenvalue weighted by atomic mass is 19.4. The molecule has 0 heterocycles. The Morgan fingerprint density at radius 3 is 2.12 bits per heavy atom. The monoisotopic (exact) mass is 257 g/mol. The highest BCUT2D eigenvalue weighted by molar-refractivity contribution is 5.73. The van der Waals surface area contributed by atoms with E-state index in [9.17, 15) is 13.2 Å². The van der Waals surface area contributed by atoms with Crippen LogP contribution in [0.3, 0.4) is 0 Å². The third-order valence-electron chi connectivity index (χ3n) is 2.62. The zero-order chi connectivity index (χ0) is 13.5. The van der Waals surface area contributed by atoms with Gasteiger partial charge < -0.3 is 15.2 Å². The van der Waals surface area contributed by atoms with Crippen LogP contribution < -0.4 is 5.32 Å². The molecule has 102 valence electrons. The number of rotatable bonds is 2. The molecular weight excluding hydrogens is 239 g/mol. The summed E-state index contributed by atoms with van der Waals surface area (Å²) in [4.78, 5) is 8.90. The van der Waals surface area contributed by atoms with Crippen LogP contribution >= 0.6 is 0 Å². The van der Waals surface area contributed by atoms with Crippen molar-refractivity contribution in [3.8, 4) is 0 Å². The predicted molar refractivity (Wildman–Crippen MR) is 55.8 cm³/mol. The molecule has 1 fully saturated rings. The Labute approximate surface area is 98.1 Å². The fourth-order valence-electron chi connectivity index (χ4n) is 1.71. The lowest BCUT2D eigenvalue weighted by Crippen LogP contribution is -2.41. The van der Waals surface area contributed by atoms with Crippen molar-refractivity contribution in [2.75, 3.05) is 14.2 Å². The van der Waals surface area contributed by atoms with Crippen LogP contribution in [0.2, 0.25) is 0 Å². The van der Waals surface area contributed by atoms with E-state index in [2.05, 4.69) is 5.32 Å². The van der Waals surface area contributed by atoms with Crippen LogP contribution in [0.4, 0.5) is 13.2 Å². The van der Waals surface area contributed by atoms with E-state index in [0.29, 0.717) is 12.1 Å². The molecule has 2 atom stereocenters. The summed E-state index contributed by atoms with van der Waals surface area (Å²) in [5, 5.41) is 10.4. The summed E-state index contributed by atoms with van der Waals surface area (Å²) in [6.45, 7) is 0. The molecule has 1 saturated carbocycles. The molecule has 0 radical (unpaired) electrons. The summed E-state index contributed by atoms with van der Waals surface area (Å²) < 4.78 is 37.1. The van der Waals surface area contributed by atoms with Crippen molar-refractivity contribution in [1.82, 2.24) is 5.32 Å². The Bertz CT molecular complexity index is 221. The molecule has 1 aliphatic rings. The van der Waals surface area contributed by atoms with E-state index in [1.165, 1.54) is 25.7 Å². The van der Waals surface area contributed by atoms with Crippen molar-refractivity contribution in [3.63, 3.8) is 0 Å². The lowest BCUT2D eigenvalue weighted by atomic mass is 9.93. The fraction of sp³-hybridized carbons (Fsp3) is 0.900. The van der Waals surface area contributed by atoms with Gasteiger partial charge in [0, 0.05) is 13.2 Å². The van der Waals surface area contributed by atoms with Gasteiger partial charge in [-0.1, -0.05) is 12.8 Å². The highest BCUT2D eigenvalue weighted by Crippen LogP contribution is 2.20. The number of carboxylic acids is 1. The standard InChI is InChI=1S/C8H17NO.C2HF3O2/c1-9-7-5-3-4-6-8(7)10-2;3-2(4,5)1(6)7/h7-9H,3-6H2,1-2H3;(H,6,7)/t7?,8-;/m1./s1. The molecule has 0 aliphatic heterocycles. The molecule has 0 aromatic carbocycles. The first-order valence-corrected chi connectivity index (χ1v) is 5.33. The smallest absolute Gasteiger partial charge is 0.475 e. The minimum atomic E-state index is -5.08. The fourth-order valence-corrected chi connectivity index (χ4v) is 1.71. The maximum Gasteiger partial charge on any atom is 0.490 e. The number of nitrogens with one attached hydrogen (secondary N) is 1. The van der Waals surface area contributed by atoms with Crippen LogP contribution in [-0.2, 0) is 9.53 Å². The SMILES string of the molecule is CNC1CCCC[C@H]1OC.O=C(O)C(F)(F)F. The van der Waals surface area contributed by atoms with E-state index in [1.807, 2.05) is 7.05 Å². The number of carbonyl (C=O) groups is 1. The molecular formula is C10H18F3NO3. The number of methoxy groups -OCH3 is 1. The first kappa shape index (κ1) is 16.2. The zero-order valence-electron chi connectivity index (χ0n) is 9.88. The first-order valence-electron chi connectivity index (χ1n) is 5.33. The maximum absolute atomic E-state index is 10.6. The number of ether oxygens (including phenoxy) is 1. The predicted octanol–water partition coefficient (Wildman–Crippen LogP) is 1.80. The number of carboxylic acid groups (broad SMARTS) is 1. The molecule has 1 rings (SSSR count). The van der Waals surface area contributed by atoms with Crippen LogP contribution in [0.25, 0.3) is 0 Å². The summed E-state index contributed by atoms with van der Waals surface area (Å²) in [6.07, 6.45) is 0.553. The molecule has 0 bridgehead atoms. The Morgan fingerprint density at radius 2 is 1.82 bits per heavy atom. The van der Waals surface area contributed by atoms with Crippen molar-refractivity contribution in [2.45, 2.75) is 44.0 Å². The lowest BCUT2D eigenvalue weighted by molar-refractivity contribution is -0.192. The van der Waals surface area contributed by atoms with E-state index in [4.69, 9.17) is 14.6 Å². The minimum Gasteiger partial charge on any atom is -0.475 e. The first-order chi connectivity index (χ1) is 7.82. The minimum absolute atomic E-state index is 0.457. The van der Waals surface area contributed by atoms with Gasteiger partial charge in [-0.05, 0) is 19.9 Å². The average Bonchev–Trinajstić information content (AvgIpc) is 2.28. The Hall–Kier alpha value is -0.820. The van der Waals surface area contributed by atoms with Gasteiger partial charge in [0.1, 0.15) is 0 Å². The van der Waals surface area contributed by atoms with Gasteiger partial charge in [-0.25, -0.2) is 4.79 Å². The van der Waals surface area contributed by atoms with E-state index >= 15 is 0 Å². The van der Waals surface area contributed by atoms with Gasteiger partial charge in [-0.2, -0.15) is 13.2 Å². The quantitative estimate of drug-likeness (QED) is 0.792. The Balaban J connectivity index is 0.000000325. The van der Waals surface area contributed by atoms with Crippen LogP contribution in [0.1, 0.15) is 25.7 Å². The molecule has 0 aromatic heterocycles. The number of hydrogen-bond donors (Lipinski definition) is 2. The molecule has 17 heavy (non-hydrogen) atoms. The van der Waals surface area contributed by atoms with Crippen LogP contribution in [-0.4, -0.2) is 43.6 Å². The van der Waals surface area contributed by atoms with Gasteiger partial charge in [0.15, 0.2) is 0 Å². The van der Waals surface area contributed by atoms with Gasteiger partial charge in [-0.15, -0.1) is 0 Å². The number of aliphatic carboxylic acids is 1. The maximum atomic E-state index is 10.6. The summed E-state index contributed by atoms with van der Waals surface area (Å²) in [7, 11) is 3.82. The number of likely N-dealkylation sites (N-methyl/N-ethyl adjacent to an activating group) is 1. The van der Waals surface area contributed by atoms with Crippen LogP contribution in [0.15, 0.2) is 0 Å². The summed E-state index contributed by atoms with van der Waals surface area (Å²) >= 11 is 0. The Kier molecular flexibility index (Phi) is 7.13. The molecule has 0 aromatic rings. The van der Waals surface area contributed by atoms with Gasteiger partial charge in [-0.3, -0.25) is 0 Å². The second kappa shape index (κ2) is 7.50. The largest absolute Gasteiger partial charge is 0.490 e. The second-order valence-corrected chi connectivity index (χ2v) is 3.76. The molecule has 7 heteroatoms. The molecule has 0 saturated heterocycles. The third kappa shape index (κ3) is 6.48. The van der Waals surface area contributed by atoms with Crippen molar-refractivity contribution in [1.29, 1.82) is 0 Å². The van der Waals surface area contributed by atoms with Gasteiger partial charge in [0.25, 0.3) is 0 Å². The van der Waals surface area contributed by atoms with Crippen molar-refractivity contribution >= 4 is 5.97 Å². The third-order valence-corrected chi connectivity index (χ3v) is 2.62. The number of alkyl halides is 3. The van der Waals surface area contributed by atoms with Gasteiger partial charge in [0.05, 0.1) is 6.10 Å². The molecule has 4 nitrogen and oxygen atoms in total. The number of hydrogen-bond acceptors (Lipinski definition) is 3. The topological polar surface area (TPSA) is 58.6 Å². The normalized spacial score (nSPS) is 24.8. The average molecular weight is 257 g/mol. The van der Waals surface area contributed by atoms with E-state index in [0.717, 1.165) is 0 Å². The Morgan fingerprint density at radius 1 is 1.35 bits per heavy atom. The molecule has 1 unspecified atom stereocenters. The van der Waals surface area contributed by atoms with E-state index < -0.39 is 12.1 Å². The number of halogens is 3. The van der Waals surface area contributed by atoms with E-state index in [1.54, 1.807) is 7.11 Å². The summed E-state index contributed by atoms with van der Waals surface area (Å²) in [6, 6.07) is 0.596. The molecule has 0 amide bonds. The zero-order valence-corrected chi connectivity index (χ0v) is 9.88. The van der Waals surface area contributed by atoms with Crippen molar-refractivity contribution in [3.05, 3.63) is 0 Å².